The van der Waals surface area contributed by atoms with Crippen molar-refractivity contribution in [2.75, 3.05) is 0 Å². The van der Waals surface area contributed by atoms with E-state index in [0.717, 1.165) is 11.5 Å². The van der Waals surface area contributed by atoms with Gasteiger partial charge in [-0.05, 0) is 60.1 Å². The second-order valence-corrected chi connectivity index (χ2v) is 10.7. The highest BCUT2D eigenvalue weighted by molar-refractivity contribution is 6.12. The van der Waals surface area contributed by atoms with Gasteiger partial charge in [0.15, 0.2) is 11.5 Å². The van der Waals surface area contributed by atoms with Gasteiger partial charge in [-0.3, -0.25) is 4.40 Å². The van der Waals surface area contributed by atoms with Crippen LogP contribution in [0.3, 0.4) is 0 Å². The molecule has 0 aliphatic heterocycles. The minimum atomic E-state index is 0.626. The van der Waals surface area contributed by atoms with Crippen molar-refractivity contribution in [1.29, 1.82) is 0 Å². The molecule has 3 heteroatoms. The molecule has 7 rings (SSSR count). The van der Waals surface area contributed by atoms with Crippen molar-refractivity contribution >= 4 is 27.3 Å². The normalized spacial score (nSPS) is 18.1. The predicted molar refractivity (Wildman–Crippen MR) is 145 cm³/mol. The van der Waals surface area contributed by atoms with E-state index in [-0.39, 0.29) is 0 Å². The van der Waals surface area contributed by atoms with Gasteiger partial charge in [0.25, 0.3) is 0 Å². The van der Waals surface area contributed by atoms with Gasteiger partial charge < -0.3 is 0 Å². The van der Waals surface area contributed by atoms with Crippen LogP contribution in [0.2, 0.25) is 0 Å². The molecule has 2 aliphatic rings. The van der Waals surface area contributed by atoms with Gasteiger partial charge >= 0.3 is 0 Å². The zero-order valence-corrected chi connectivity index (χ0v) is 20.4. The first kappa shape index (κ1) is 21.1. The van der Waals surface area contributed by atoms with Crippen molar-refractivity contribution in [2.45, 2.75) is 76.0 Å². The third-order valence-corrected chi connectivity index (χ3v) is 8.71. The number of hydrogen-bond acceptors (Lipinski definition) is 2. The molecule has 0 amide bonds. The Morgan fingerprint density at radius 1 is 0.543 bits per heavy atom. The summed E-state index contributed by atoms with van der Waals surface area (Å²) in [5, 5.41) is 13.6. The van der Waals surface area contributed by atoms with Crippen LogP contribution in [0, 0.1) is 0 Å². The van der Waals surface area contributed by atoms with Crippen LogP contribution in [0.15, 0.2) is 66.7 Å². The molecule has 0 spiro atoms. The second kappa shape index (κ2) is 8.78. The van der Waals surface area contributed by atoms with Crippen LogP contribution in [-0.4, -0.2) is 14.6 Å². The molecule has 2 aliphatic carbocycles. The summed E-state index contributed by atoms with van der Waals surface area (Å²) in [6.07, 6.45) is 13.3. The SMILES string of the molecule is c1cc(C2CCCCC2)c(-c2nnc3c4ccccc4c4ccccc4n23)c(C2CCCCC2)c1. The molecule has 2 aromatic heterocycles. The molecule has 0 saturated heterocycles. The Morgan fingerprint density at radius 2 is 1.11 bits per heavy atom. The topological polar surface area (TPSA) is 30.2 Å². The van der Waals surface area contributed by atoms with E-state index >= 15 is 0 Å². The maximum atomic E-state index is 4.99. The van der Waals surface area contributed by atoms with Crippen LogP contribution < -0.4 is 0 Å². The summed E-state index contributed by atoms with van der Waals surface area (Å²) in [4.78, 5) is 0. The van der Waals surface area contributed by atoms with Gasteiger partial charge in [0.1, 0.15) is 0 Å². The number of benzene rings is 3. The Labute approximate surface area is 207 Å². The van der Waals surface area contributed by atoms with E-state index in [2.05, 4.69) is 71.1 Å². The van der Waals surface area contributed by atoms with Crippen molar-refractivity contribution in [1.82, 2.24) is 14.6 Å². The zero-order chi connectivity index (χ0) is 23.2. The number of para-hydroxylation sites is 1. The zero-order valence-electron chi connectivity index (χ0n) is 20.4. The lowest BCUT2D eigenvalue weighted by Gasteiger charge is -2.29. The molecular weight excluding hydrogens is 426 g/mol. The highest BCUT2D eigenvalue weighted by Crippen LogP contribution is 2.45. The van der Waals surface area contributed by atoms with Crippen LogP contribution in [0.4, 0.5) is 0 Å². The van der Waals surface area contributed by atoms with E-state index in [9.17, 15) is 0 Å². The third kappa shape index (κ3) is 3.47. The summed E-state index contributed by atoms with van der Waals surface area (Å²) in [5.41, 5.74) is 6.59. The van der Waals surface area contributed by atoms with E-state index < -0.39 is 0 Å². The first-order valence-corrected chi connectivity index (χ1v) is 13.7. The molecule has 2 saturated carbocycles. The first-order valence-electron chi connectivity index (χ1n) is 13.7. The third-order valence-electron chi connectivity index (χ3n) is 8.71. The molecule has 0 bridgehead atoms. The summed E-state index contributed by atoms with van der Waals surface area (Å²) in [6, 6.07) is 24.6. The van der Waals surface area contributed by atoms with Crippen LogP contribution in [0.5, 0.6) is 0 Å². The molecule has 2 fully saturated rings. The quantitative estimate of drug-likeness (QED) is 0.252. The largest absolute Gasteiger partial charge is 0.274 e. The molecule has 2 heterocycles. The second-order valence-electron chi connectivity index (χ2n) is 10.7. The number of pyridine rings is 1. The number of aromatic nitrogens is 3. The van der Waals surface area contributed by atoms with Gasteiger partial charge in [0.05, 0.1) is 5.52 Å². The van der Waals surface area contributed by atoms with Crippen molar-refractivity contribution in [3.05, 3.63) is 77.9 Å². The number of rotatable bonds is 3. The van der Waals surface area contributed by atoms with Gasteiger partial charge in [-0.15, -0.1) is 10.2 Å². The standard InChI is InChI=1S/C32H33N3/c1-3-12-22(13-4-1)24-19-11-20-25(23-14-5-2-6-15-23)30(24)32-34-33-31-28-18-8-7-16-26(28)27-17-9-10-21-29(27)35(31)32/h7-11,16-23H,1-6,12-15H2. The van der Waals surface area contributed by atoms with Crippen LogP contribution in [-0.2, 0) is 0 Å². The average Bonchev–Trinajstić information content (AvgIpc) is 3.39. The van der Waals surface area contributed by atoms with Crippen molar-refractivity contribution < 1.29 is 0 Å². The highest BCUT2D eigenvalue weighted by Gasteiger charge is 2.28. The molecule has 0 N–H and O–H groups in total. The van der Waals surface area contributed by atoms with Crippen molar-refractivity contribution in [3.63, 3.8) is 0 Å². The van der Waals surface area contributed by atoms with Crippen LogP contribution in [0.25, 0.3) is 38.7 Å². The molecule has 5 aromatic rings. The molecule has 3 aromatic carbocycles. The van der Waals surface area contributed by atoms with Crippen LogP contribution in [0.1, 0.15) is 87.2 Å². The predicted octanol–water partition coefficient (Wildman–Crippen LogP) is 8.80. The fourth-order valence-corrected chi connectivity index (χ4v) is 7.01. The fourth-order valence-electron chi connectivity index (χ4n) is 7.01. The Hall–Kier alpha value is -3.20. The van der Waals surface area contributed by atoms with E-state index in [1.54, 1.807) is 0 Å². The number of nitrogens with zero attached hydrogens (tertiary/aromatic N) is 3. The molecule has 0 atom stereocenters. The molecule has 3 nitrogen and oxygen atoms in total. The molecule has 35 heavy (non-hydrogen) atoms. The summed E-state index contributed by atoms with van der Waals surface area (Å²) < 4.78 is 2.37. The van der Waals surface area contributed by atoms with Gasteiger partial charge in [0, 0.05) is 16.3 Å². The first-order chi connectivity index (χ1) is 17.4. The van der Waals surface area contributed by atoms with Crippen molar-refractivity contribution in [2.24, 2.45) is 0 Å². The van der Waals surface area contributed by atoms with E-state index in [1.807, 2.05) is 0 Å². The van der Waals surface area contributed by atoms with E-state index in [1.165, 1.54) is 103 Å². The molecule has 0 radical (unpaired) electrons. The molecule has 0 unspecified atom stereocenters. The Balaban J connectivity index is 1.56. The molecule has 176 valence electrons. The minimum absolute atomic E-state index is 0.626. The summed E-state index contributed by atoms with van der Waals surface area (Å²) in [5.74, 6) is 2.30. The van der Waals surface area contributed by atoms with Gasteiger partial charge in [-0.25, -0.2) is 0 Å². The van der Waals surface area contributed by atoms with E-state index in [4.69, 9.17) is 10.2 Å². The maximum Gasteiger partial charge on any atom is 0.169 e. The van der Waals surface area contributed by atoms with E-state index in [0.29, 0.717) is 11.8 Å². The lowest BCUT2D eigenvalue weighted by Crippen LogP contribution is -2.12. The summed E-state index contributed by atoms with van der Waals surface area (Å²) in [7, 11) is 0. The number of fused-ring (bicyclic) bond motifs is 6. The Kier molecular flexibility index (Phi) is 5.30. The fraction of sp³-hybridized carbons (Fsp3) is 0.375. The smallest absolute Gasteiger partial charge is 0.169 e. The highest BCUT2D eigenvalue weighted by atomic mass is 15.2. The molecular formula is C32H33N3. The van der Waals surface area contributed by atoms with Crippen molar-refractivity contribution in [3.8, 4) is 11.4 Å². The monoisotopic (exact) mass is 459 g/mol. The maximum absolute atomic E-state index is 4.99. The lowest BCUT2D eigenvalue weighted by molar-refractivity contribution is 0.436. The Bertz CT molecular complexity index is 1480. The summed E-state index contributed by atoms with van der Waals surface area (Å²) >= 11 is 0. The van der Waals surface area contributed by atoms with Gasteiger partial charge in [-0.2, -0.15) is 0 Å². The summed E-state index contributed by atoms with van der Waals surface area (Å²) in [6.45, 7) is 0. The van der Waals surface area contributed by atoms with Gasteiger partial charge in [0.2, 0.25) is 0 Å². The van der Waals surface area contributed by atoms with Gasteiger partial charge in [-0.1, -0.05) is 99.2 Å². The lowest BCUT2D eigenvalue weighted by atomic mass is 9.76. The van der Waals surface area contributed by atoms with Crippen LogP contribution >= 0.6 is 0 Å². The average molecular weight is 460 g/mol. The Morgan fingerprint density at radius 3 is 1.77 bits per heavy atom. The minimum Gasteiger partial charge on any atom is -0.274 e. The number of hydrogen-bond donors (Lipinski definition) is 0.